The second-order valence-electron chi connectivity index (χ2n) is 2.67. The topological polar surface area (TPSA) is 44.1 Å². The fourth-order valence-corrected chi connectivity index (χ4v) is 1.00. The molecule has 15 heavy (non-hydrogen) atoms. The summed E-state index contributed by atoms with van der Waals surface area (Å²) >= 11 is 0. The molecule has 78 valence electrons. The number of rotatable bonds is 2. The van der Waals surface area contributed by atoms with Crippen molar-refractivity contribution in [2.75, 3.05) is 7.11 Å². The maximum absolute atomic E-state index is 12.4. The van der Waals surface area contributed by atoms with E-state index in [1.165, 1.54) is 7.05 Å². The van der Waals surface area contributed by atoms with E-state index in [2.05, 4.69) is 9.84 Å². The molecule has 0 radical (unpaired) electrons. The van der Waals surface area contributed by atoms with Crippen molar-refractivity contribution in [3.8, 4) is 0 Å². The van der Waals surface area contributed by atoms with Crippen LogP contribution >= 0.6 is 0 Å². The van der Waals surface area contributed by atoms with Gasteiger partial charge in [0.05, 0.1) is 7.11 Å². The Hall–Kier alpha value is 0.171. The summed E-state index contributed by atoms with van der Waals surface area (Å²) < 4.78 is 42.2. The van der Waals surface area contributed by atoms with Crippen LogP contribution in [0.2, 0.25) is 0 Å². The fraction of sp³-hybridized carbons (Fsp3) is 0.333. The number of halogens is 3. The molecule has 0 saturated carbocycles. The number of aromatic nitrogens is 2. The summed E-state index contributed by atoms with van der Waals surface area (Å²) in [6.07, 6.45) is 0.756. The van der Waals surface area contributed by atoms with E-state index in [0.29, 0.717) is 0 Å². The summed E-state index contributed by atoms with van der Waals surface area (Å²) in [5.74, 6) is -1.08. The monoisotopic (exact) mass is 246 g/mol. The largest absolute Gasteiger partial charge is 1.00 e. The molecule has 0 aliphatic carbocycles. The summed E-state index contributed by atoms with van der Waals surface area (Å²) in [6.45, 7) is -5.24. The van der Waals surface area contributed by atoms with E-state index in [0.717, 1.165) is 18.0 Å². The van der Waals surface area contributed by atoms with E-state index in [-0.39, 0.29) is 51.4 Å². The van der Waals surface area contributed by atoms with Crippen LogP contribution in [0.4, 0.5) is 12.9 Å². The van der Waals surface area contributed by atoms with E-state index in [9.17, 15) is 17.7 Å². The van der Waals surface area contributed by atoms with Crippen LogP contribution in [0.3, 0.4) is 0 Å². The molecule has 0 aromatic carbocycles. The number of carbonyl (C=O) groups excluding carboxylic acids is 1. The van der Waals surface area contributed by atoms with E-state index in [1.54, 1.807) is 0 Å². The molecule has 0 saturated heterocycles. The van der Waals surface area contributed by atoms with E-state index in [4.69, 9.17) is 0 Å². The third-order valence-electron chi connectivity index (χ3n) is 1.59. The second kappa shape index (κ2) is 5.48. The molecule has 0 aliphatic rings. The summed E-state index contributed by atoms with van der Waals surface area (Å²) in [6, 6.07) is 0. The first-order valence-corrected chi connectivity index (χ1v) is 3.68. The van der Waals surface area contributed by atoms with Gasteiger partial charge in [-0.15, -0.1) is 0 Å². The molecule has 1 rings (SSSR count). The van der Waals surface area contributed by atoms with Crippen molar-refractivity contribution in [3.05, 3.63) is 11.9 Å². The van der Waals surface area contributed by atoms with Gasteiger partial charge in [0, 0.05) is 7.05 Å². The van der Waals surface area contributed by atoms with Gasteiger partial charge in [-0.1, -0.05) is 5.46 Å². The van der Waals surface area contributed by atoms with Gasteiger partial charge in [0.2, 0.25) is 0 Å². The van der Waals surface area contributed by atoms with Crippen LogP contribution < -0.4 is 56.8 Å². The molecule has 0 unspecified atom stereocenters. The molecule has 1 aromatic rings. The summed E-state index contributed by atoms with van der Waals surface area (Å²) in [5.41, 5.74) is -1.72. The fourth-order valence-electron chi connectivity index (χ4n) is 1.00. The summed E-state index contributed by atoms with van der Waals surface area (Å²) in [7, 11) is 2.31. The van der Waals surface area contributed by atoms with E-state index < -0.39 is 24.1 Å². The SMILES string of the molecule is COC(=O)c1nn(C)cc1[B-](F)(F)F.[K+]. The minimum absolute atomic E-state index is 0. The average Bonchev–Trinajstić information content (AvgIpc) is 2.45. The van der Waals surface area contributed by atoms with Gasteiger partial charge in [0.1, 0.15) is 5.69 Å². The minimum atomic E-state index is -5.24. The third kappa shape index (κ3) is 3.59. The number of carbonyl (C=O) groups is 1. The molecule has 0 atom stereocenters. The molecule has 1 heterocycles. The number of esters is 1. The zero-order chi connectivity index (χ0) is 10.9. The molecule has 0 aliphatic heterocycles. The molecule has 1 aromatic heterocycles. The van der Waals surface area contributed by atoms with Crippen LogP contribution in [-0.2, 0) is 11.8 Å². The number of hydrogen-bond acceptors (Lipinski definition) is 3. The Morgan fingerprint density at radius 2 is 2.07 bits per heavy atom. The molecule has 0 N–H and O–H groups in total. The van der Waals surface area contributed by atoms with Crippen molar-refractivity contribution in [1.29, 1.82) is 0 Å². The van der Waals surface area contributed by atoms with Crippen LogP contribution in [0.1, 0.15) is 10.5 Å². The average molecular weight is 246 g/mol. The molecule has 0 fully saturated rings. The predicted octanol–water partition coefficient (Wildman–Crippen LogP) is -2.73. The van der Waals surface area contributed by atoms with Crippen LogP contribution in [0.25, 0.3) is 0 Å². The Balaban J connectivity index is 0.00000196. The van der Waals surface area contributed by atoms with Gasteiger partial charge in [-0.3, -0.25) is 4.68 Å². The summed E-state index contributed by atoms with van der Waals surface area (Å²) in [4.78, 5) is 10.9. The first kappa shape index (κ1) is 15.2. The molecule has 4 nitrogen and oxygen atoms in total. The standard InChI is InChI=1S/C6H7BF3N2O2.K/c1-12-3-4(7(8,9)10)5(11-12)6(13)14-2;/h3H,1-2H3;/q-1;+1. The first-order valence-electron chi connectivity index (χ1n) is 3.68. The van der Waals surface area contributed by atoms with E-state index >= 15 is 0 Å². The van der Waals surface area contributed by atoms with Crippen molar-refractivity contribution in [2.24, 2.45) is 7.05 Å². The number of hydrogen-bond donors (Lipinski definition) is 0. The zero-order valence-electron chi connectivity index (χ0n) is 8.50. The van der Waals surface area contributed by atoms with Gasteiger partial charge in [-0.25, -0.2) is 4.79 Å². The Kier molecular flexibility index (Phi) is 5.55. The maximum atomic E-state index is 12.4. The molecular formula is C6H7BF3KN2O2. The van der Waals surface area contributed by atoms with E-state index in [1.807, 2.05) is 0 Å². The van der Waals surface area contributed by atoms with Gasteiger partial charge in [0.25, 0.3) is 0 Å². The van der Waals surface area contributed by atoms with Gasteiger partial charge < -0.3 is 17.7 Å². The zero-order valence-corrected chi connectivity index (χ0v) is 11.6. The molecule has 9 heteroatoms. The number of nitrogens with zero attached hydrogens (tertiary/aromatic N) is 2. The number of ether oxygens (including phenoxy) is 1. The second-order valence-corrected chi connectivity index (χ2v) is 2.67. The number of aryl methyl sites for hydroxylation is 1. The van der Waals surface area contributed by atoms with Gasteiger partial charge in [-0.05, 0) is 6.20 Å². The van der Waals surface area contributed by atoms with Gasteiger partial charge in [-0.2, -0.15) is 5.10 Å². The van der Waals surface area contributed by atoms with Crippen molar-refractivity contribution in [1.82, 2.24) is 9.78 Å². The van der Waals surface area contributed by atoms with Crippen molar-refractivity contribution in [3.63, 3.8) is 0 Å². The Labute approximate surface area is 127 Å². The van der Waals surface area contributed by atoms with Crippen LogP contribution in [-0.4, -0.2) is 29.8 Å². The third-order valence-corrected chi connectivity index (χ3v) is 1.59. The van der Waals surface area contributed by atoms with Crippen LogP contribution in [0.5, 0.6) is 0 Å². The van der Waals surface area contributed by atoms with Gasteiger partial charge >= 0.3 is 64.3 Å². The molecule has 0 amide bonds. The Bertz CT molecular complexity index is 366. The quantitative estimate of drug-likeness (QED) is 0.420. The predicted molar refractivity (Wildman–Crippen MR) is 43.3 cm³/mol. The Morgan fingerprint density at radius 1 is 1.53 bits per heavy atom. The molecular weight excluding hydrogens is 239 g/mol. The van der Waals surface area contributed by atoms with Crippen molar-refractivity contribution < 1.29 is 73.9 Å². The smallest absolute Gasteiger partial charge is 0.464 e. The van der Waals surface area contributed by atoms with Crippen LogP contribution in [0.15, 0.2) is 6.20 Å². The normalized spacial score (nSPS) is 10.7. The number of methoxy groups -OCH3 is 1. The van der Waals surface area contributed by atoms with Crippen molar-refractivity contribution >= 4 is 18.4 Å². The summed E-state index contributed by atoms with van der Waals surface area (Å²) in [5, 5.41) is 3.39. The maximum Gasteiger partial charge on any atom is 1.00 e. The molecule has 0 spiro atoms. The minimum Gasteiger partial charge on any atom is -0.464 e. The van der Waals surface area contributed by atoms with Gasteiger partial charge in [0.15, 0.2) is 0 Å². The first-order chi connectivity index (χ1) is 6.36. The van der Waals surface area contributed by atoms with Crippen molar-refractivity contribution in [2.45, 2.75) is 0 Å². The Morgan fingerprint density at radius 3 is 2.47 bits per heavy atom. The van der Waals surface area contributed by atoms with Crippen LogP contribution in [0, 0.1) is 0 Å². The molecule has 0 bridgehead atoms.